The molecular formula is C29H32ClN7O5. The summed E-state index contributed by atoms with van der Waals surface area (Å²) in [7, 11) is 3.05. The van der Waals surface area contributed by atoms with Crippen molar-refractivity contribution in [3.63, 3.8) is 0 Å². The monoisotopic (exact) mass is 593 g/mol. The van der Waals surface area contributed by atoms with E-state index in [-0.39, 0.29) is 5.56 Å². The molecule has 1 aliphatic rings. The van der Waals surface area contributed by atoms with Gasteiger partial charge in [0.05, 0.1) is 32.5 Å². The highest BCUT2D eigenvalue weighted by Crippen LogP contribution is 2.38. The van der Waals surface area contributed by atoms with Crippen molar-refractivity contribution < 1.29 is 19.0 Å². The highest BCUT2D eigenvalue weighted by molar-refractivity contribution is 6.35. The Bertz CT molecular complexity index is 1610. The van der Waals surface area contributed by atoms with E-state index in [1.54, 1.807) is 41.2 Å². The van der Waals surface area contributed by atoms with E-state index in [1.807, 2.05) is 6.07 Å². The summed E-state index contributed by atoms with van der Waals surface area (Å²) in [6.45, 7) is 5.04. The second-order valence-electron chi connectivity index (χ2n) is 9.62. The minimum Gasteiger partial charge on any atom is -0.497 e. The van der Waals surface area contributed by atoms with Crippen LogP contribution in [0, 0.1) is 0 Å². The maximum Gasteiger partial charge on any atom is 0.260 e. The lowest BCUT2D eigenvalue weighted by Crippen LogP contribution is -2.39. The lowest BCUT2D eigenvalue weighted by atomic mass is 10.0. The quantitative estimate of drug-likeness (QED) is 0.236. The van der Waals surface area contributed by atoms with Crippen molar-refractivity contribution in [2.75, 3.05) is 64.2 Å². The Kier molecular flexibility index (Phi) is 9.47. The first-order valence-corrected chi connectivity index (χ1v) is 13.9. The molecule has 0 saturated carbocycles. The third-order valence-electron chi connectivity index (χ3n) is 7.06. The SMILES string of the molecule is COc1cc(OC)c(Cl)c(-c2cc3cnc(NCCN4CCOCC4)nc3n(CCc3ccc(NC=O)nc3)c2=O)c1. The van der Waals surface area contributed by atoms with Gasteiger partial charge < -0.3 is 24.8 Å². The molecule has 1 aliphatic heterocycles. The Hall–Kier alpha value is -4.26. The number of aromatic nitrogens is 4. The minimum absolute atomic E-state index is 0.273. The normalized spacial score (nSPS) is 13.6. The smallest absolute Gasteiger partial charge is 0.260 e. The van der Waals surface area contributed by atoms with E-state index >= 15 is 0 Å². The zero-order valence-electron chi connectivity index (χ0n) is 23.4. The van der Waals surface area contributed by atoms with Crippen molar-refractivity contribution in [1.29, 1.82) is 0 Å². The van der Waals surface area contributed by atoms with Gasteiger partial charge >= 0.3 is 0 Å². The number of benzene rings is 1. The molecule has 0 unspecified atom stereocenters. The molecule has 220 valence electrons. The molecule has 0 atom stereocenters. The number of nitrogens with zero attached hydrogens (tertiary/aromatic N) is 5. The third-order valence-corrected chi connectivity index (χ3v) is 7.45. The van der Waals surface area contributed by atoms with Crippen molar-refractivity contribution in [2.24, 2.45) is 0 Å². The van der Waals surface area contributed by atoms with Gasteiger partial charge in [0.1, 0.15) is 23.0 Å². The number of fused-ring (bicyclic) bond motifs is 1. The first-order chi connectivity index (χ1) is 20.5. The highest BCUT2D eigenvalue weighted by atomic mass is 35.5. The largest absolute Gasteiger partial charge is 0.497 e. The van der Waals surface area contributed by atoms with Crippen LogP contribution in [0.3, 0.4) is 0 Å². The summed E-state index contributed by atoms with van der Waals surface area (Å²) in [6, 6.07) is 8.69. The number of carbonyl (C=O) groups excluding carboxylic acids is 1. The van der Waals surface area contributed by atoms with E-state index in [0.717, 1.165) is 38.4 Å². The maximum atomic E-state index is 14.1. The summed E-state index contributed by atoms with van der Waals surface area (Å²) in [4.78, 5) is 40.6. The fourth-order valence-electron chi connectivity index (χ4n) is 4.79. The first-order valence-electron chi connectivity index (χ1n) is 13.5. The van der Waals surface area contributed by atoms with Gasteiger partial charge in [-0.3, -0.25) is 19.1 Å². The van der Waals surface area contributed by atoms with Crippen LogP contribution in [-0.4, -0.2) is 84.4 Å². The molecule has 1 saturated heterocycles. The van der Waals surface area contributed by atoms with Crippen LogP contribution < -0.4 is 25.7 Å². The lowest BCUT2D eigenvalue weighted by Gasteiger charge is -2.26. The Balaban J connectivity index is 1.52. The van der Waals surface area contributed by atoms with Gasteiger partial charge in [-0.2, -0.15) is 4.98 Å². The summed E-state index contributed by atoms with van der Waals surface area (Å²) < 4.78 is 17.9. The first kappa shape index (κ1) is 29.2. The average Bonchev–Trinajstić information content (AvgIpc) is 3.02. The minimum atomic E-state index is -0.273. The maximum absolute atomic E-state index is 14.1. The Labute approximate surface area is 247 Å². The predicted octanol–water partition coefficient (Wildman–Crippen LogP) is 3.08. The second kappa shape index (κ2) is 13.6. The molecule has 13 heteroatoms. The molecule has 3 aromatic heterocycles. The number of halogens is 1. The number of methoxy groups -OCH3 is 2. The van der Waals surface area contributed by atoms with Crippen LogP contribution in [0.25, 0.3) is 22.2 Å². The number of hydrogen-bond acceptors (Lipinski definition) is 10. The van der Waals surface area contributed by atoms with Crippen LogP contribution in [0.5, 0.6) is 11.5 Å². The molecule has 1 fully saturated rings. The van der Waals surface area contributed by atoms with E-state index in [1.165, 1.54) is 14.2 Å². The Morgan fingerprint density at radius 3 is 2.60 bits per heavy atom. The molecule has 2 N–H and O–H groups in total. The summed E-state index contributed by atoms with van der Waals surface area (Å²) >= 11 is 6.69. The molecule has 4 aromatic rings. The number of carbonyl (C=O) groups is 1. The van der Waals surface area contributed by atoms with Gasteiger partial charge in [-0.05, 0) is 30.2 Å². The van der Waals surface area contributed by atoms with Gasteiger partial charge in [-0.1, -0.05) is 17.7 Å². The van der Waals surface area contributed by atoms with Gasteiger partial charge in [0, 0.05) is 67.7 Å². The number of ether oxygens (including phenoxy) is 3. The van der Waals surface area contributed by atoms with Crippen molar-refractivity contribution in [2.45, 2.75) is 13.0 Å². The van der Waals surface area contributed by atoms with E-state index < -0.39 is 0 Å². The molecular weight excluding hydrogens is 562 g/mol. The van der Waals surface area contributed by atoms with E-state index in [0.29, 0.717) is 76.4 Å². The Morgan fingerprint density at radius 2 is 1.88 bits per heavy atom. The second-order valence-corrected chi connectivity index (χ2v) is 10.0. The topological polar surface area (TPSA) is 133 Å². The van der Waals surface area contributed by atoms with Crippen LogP contribution in [0.15, 0.2) is 47.5 Å². The number of morpholine rings is 1. The molecule has 12 nitrogen and oxygen atoms in total. The summed E-state index contributed by atoms with van der Waals surface area (Å²) in [5.41, 5.74) is 1.95. The zero-order valence-corrected chi connectivity index (χ0v) is 24.2. The van der Waals surface area contributed by atoms with Crippen molar-refractivity contribution in [3.8, 4) is 22.6 Å². The summed E-state index contributed by atoms with van der Waals surface area (Å²) in [6.07, 6.45) is 4.43. The van der Waals surface area contributed by atoms with Gasteiger partial charge in [-0.15, -0.1) is 0 Å². The van der Waals surface area contributed by atoms with Crippen LogP contribution in [-0.2, 0) is 22.5 Å². The Morgan fingerprint density at radius 1 is 1.05 bits per heavy atom. The number of nitrogens with one attached hydrogen (secondary N) is 2. The summed E-state index contributed by atoms with van der Waals surface area (Å²) in [5.74, 6) is 1.77. The van der Waals surface area contributed by atoms with Gasteiger partial charge in [0.2, 0.25) is 12.4 Å². The molecule has 0 spiro atoms. The number of hydrogen-bond donors (Lipinski definition) is 2. The molecule has 1 amide bonds. The fourth-order valence-corrected chi connectivity index (χ4v) is 5.08. The van der Waals surface area contributed by atoms with E-state index in [4.69, 9.17) is 30.8 Å². The van der Waals surface area contributed by atoms with Crippen molar-refractivity contribution in [3.05, 3.63) is 63.7 Å². The molecule has 42 heavy (non-hydrogen) atoms. The van der Waals surface area contributed by atoms with Crippen LogP contribution in [0.1, 0.15) is 5.56 Å². The molecule has 0 bridgehead atoms. The lowest BCUT2D eigenvalue weighted by molar-refractivity contribution is -0.105. The van der Waals surface area contributed by atoms with Crippen LogP contribution >= 0.6 is 11.6 Å². The fraction of sp³-hybridized carbons (Fsp3) is 0.345. The van der Waals surface area contributed by atoms with E-state index in [9.17, 15) is 9.59 Å². The standard InChI is InChI=1S/C29H32ClN7O5/c1-40-21-14-22(26(30)24(15-21)41-2)23-13-20-17-33-29(31-6-8-36-9-11-42-12-10-36)35-27(20)37(28(23)39)7-5-19-3-4-25(32-16-19)34-18-38/h3-4,13-18H,5-12H2,1-2H3,(H,31,33,35)(H,32,34,38). The number of amides is 1. The van der Waals surface area contributed by atoms with Crippen LogP contribution in [0.2, 0.25) is 5.02 Å². The van der Waals surface area contributed by atoms with Gasteiger partial charge in [-0.25, -0.2) is 9.97 Å². The number of aryl methyl sites for hydroxylation is 2. The van der Waals surface area contributed by atoms with E-state index in [2.05, 4.69) is 25.5 Å². The number of rotatable bonds is 12. The van der Waals surface area contributed by atoms with Crippen LogP contribution in [0.4, 0.5) is 11.8 Å². The molecule has 5 rings (SSSR count). The third kappa shape index (κ3) is 6.62. The molecule has 4 heterocycles. The molecule has 0 aliphatic carbocycles. The average molecular weight is 594 g/mol. The predicted molar refractivity (Wildman–Crippen MR) is 161 cm³/mol. The summed E-state index contributed by atoms with van der Waals surface area (Å²) in [5, 5.41) is 6.78. The van der Waals surface area contributed by atoms with Gasteiger partial charge in [0.25, 0.3) is 5.56 Å². The van der Waals surface area contributed by atoms with Crippen molar-refractivity contribution >= 4 is 40.8 Å². The van der Waals surface area contributed by atoms with Gasteiger partial charge in [0.15, 0.2) is 0 Å². The number of anilines is 2. The molecule has 0 radical (unpaired) electrons. The number of pyridine rings is 2. The van der Waals surface area contributed by atoms with Crippen molar-refractivity contribution in [1.82, 2.24) is 24.4 Å². The highest BCUT2D eigenvalue weighted by Gasteiger charge is 2.19. The molecule has 1 aromatic carbocycles. The zero-order chi connectivity index (χ0) is 29.5.